The molecule has 1 aromatic rings. The van der Waals surface area contributed by atoms with Crippen molar-refractivity contribution in [3.8, 4) is 0 Å². The first-order valence-corrected chi connectivity index (χ1v) is 14.0. The summed E-state index contributed by atoms with van der Waals surface area (Å²) in [6.45, 7) is 8.48. The van der Waals surface area contributed by atoms with E-state index < -0.39 is 34.6 Å². The van der Waals surface area contributed by atoms with Gasteiger partial charge in [0.15, 0.2) is 0 Å². The van der Waals surface area contributed by atoms with Gasteiger partial charge in [0.2, 0.25) is 11.8 Å². The molecule has 3 saturated carbocycles. The van der Waals surface area contributed by atoms with E-state index in [-0.39, 0.29) is 46.5 Å². The number of imide groups is 1. The molecule has 8 atom stereocenters. The first-order chi connectivity index (χ1) is 17.9. The van der Waals surface area contributed by atoms with Crippen LogP contribution in [0.25, 0.3) is 0 Å². The lowest BCUT2D eigenvalue weighted by Crippen LogP contribution is -2.65. The molecule has 6 aliphatic rings. The topological polar surface area (TPSA) is 112 Å². The third-order valence-electron chi connectivity index (χ3n) is 11.5. The fourth-order valence-electron chi connectivity index (χ4n) is 9.99. The molecule has 7 rings (SSSR count). The van der Waals surface area contributed by atoms with Crippen molar-refractivity contribution >= 4 is 29.4 Å². The number of nitrogens with zero attached hydrogens (tertiary/aromatic N) is 1. The Morgan fingerprint density at radius 2 is 1.76 bits per heavy atom. The molecule has 1 spiro atoms. The number of amides is 2. The number of carbonyl (C=O) groups excluding carboxylic acids is 2. The second kappa shape index (κ2) is 8.03. The van der Waals surface area contributed by atoms with Crippen molar-refractivity contribution in [2.45, 2.75) is 66.2 Å². The number of allylic oxidation sites excluding steroid dienone is 2. The van der Waals surface area contributed by atoms with Crippen LogP contribution in [0.3, 0.4) is 0 Å². The number of fused-ring (bicyclic) bond motifs is 1. The number of aromatic carboxylic acids is 1. The van der Waals surface area contributed by atoms with Gasteiger partial charge in [-0.3, -0.25) is 14.4 Å². The molecule has 1 aliphatic heterocycles. The van der Waals surface area contributed by atoms with E-state index in [1.165, 1.54) is 22.6 Å². The van der Waals surface area contributed by atoms with Crippen molar-refractivity contribution in [1.29, 1.82) is 0 Å². The Labute approximate surface area is 223 Å². The molecule has 7 nitrogen and oxygen atoms in total. The van der Waals surface area contributed by atoms with Crippen LogP contribution >= 0.6 is 0 Å². The molecule has 0 aromatic heterocycles. The highest BCUT2D eigenvalue weighted by Gasteiger charge is 2.73. The summed E-state index contributed by atoms with van der Waals surface area (Å²) >= 11 is 0. The van der Waals surface area contributed by atoms with Gasteiger partial charge in [-0.2, -0.15) is 0 Å². The first kappa shape index (κ1) is 25.3. The molecule has 38 heavy (non-hydrogen) atoms. The van der Waals surface area contributed by atoms with E-state index in [0.29, 0.717) is 18.5 Å². The van der Waals surface area contributed by atoms with Gasteiger partial charge < -0.3 is 10.2 Å². The Hall–Kier alpha value is -2.96. The van der Waals surface area contributed by atoms with Gasteiger partial charge in [-0.25, -0.2) is 9.69 Å². The highest BCUT2D eigenvalue weighted by molar-refractivity contribution is 6.23. The lowest BCUT2D eigenvalue weighted by molar-refractivity contribution is -0.194. The monoisotopic (exact) mass is 519 g/mol. The van der Waals surface area contributed by atoms with Crippen LogP contribution in [0.1, 0.15) is 76.6 Å². The molecule has 7 heteroatoms. The number of hydrogen-bond acceptors (Lipinski definition) is 4. The molecule has 1 heterocycles. The smallest absolute Gasteiger partial charge is 0.335 e. The average Bonchev–Trinajstić information content (AvgIpc) is 3.15. The van der Waals surface area contributed by atoms with Crippen molar-refractivity contribution in [1.82, 2.24) is 0 Å². The summed E-state index contributed by atoms with van der Waals surface area (Å²) < 4.78 is 0. The molecule has 1 saturated heterocycles. The molecule has 0 unspecified atom stereocenters. The molecule has 4 fully saturated rings. The lowest BCUT2D eigenvalue weighted by atomic mass is 9.34. The molecular weight excluding hydrogens is 482 g/mol. The Morgan fingerprint density at radius 1 is 1.03 bits per heavy atom. The van der Waals surface area contributed by atoms with E-state index in [4.69, 9.17) is 0 Å². The number of benzene rings is 1. The fourth-order valence-corrected chi connectivity index (χ4v) is 9.99. The summed E-state index contributed by atoms with van der Waals surface area (Å²) in [4.78, 5) is 53.8. The number of rotatable bonds is 4. The summed E-state index contributed by atoms with van der Waals surface area (Å²) in [6, 6.07) is 6.10. The fraction of sp³-hybridized carbons (Fsp3) is 0.613. The Bertz CT molecular complexity index is 1300. The van der Waals surface area contributed by atoms with E-state index in [2.05, 4.69) is 26.8 Å². The second-order valence-corrected chi connectivity index (χ2v) is 13.4. The third-order valence-corrected chi connectivity index (χ3v) is 11.5. The van der Waals surface area contributed by atoms with Crippen molar-refractivity contribution < 1.29 is 29.4 Å². The predicted octanol–water partition coefficient (Wildman–Crippen LogP) is 5.40. The van der Waals surface area contributed by atoms with Crippen molar-refractivity contribution in [3.05, 3.63) is 41.5 Å². The van der Waals surface area contributed by atoms with Gasteiger partial charge in [0.25, 0.3) is 0 Å². The predicted molar refractivity (Wildman–Crippen MR) is 140 cm³/mol. The molecule has 1 aromatic carbocycles. The van der Waals surface area contributed by atoms with Crippen LogP contribution in [-0.2, 0) is 14.4 Å². The Morgan fingerprint density at radius 3 is 2.42 bits per heavy atom. The van der Waals surface area contributed by atoms with E-state index in [9.17, 15) is 29.4 Å². The van der Waals surface area contributed by atoms with E-state index in [0.717, 1.165) is 25.7 Å². The largest absolute Gasteiger partial charge is 0.481 e. The Kier molecular flexibility index (Phi) is 5.35. The van der Waals surface area contributed by atoms with Gasteiger partial charge in [-0.1, -0.05) is 44.9 Å². The maximum atomic E-state index is 14.3. The van der Waals surface area contributed by atoms with Gasteiger partial charge in [-0.15, -0.1) is 0 Å². The van der Waals surface area contributed by atoms with Gasteiger partial charge in [0.05, 0.1) is 28.5 Å². The number of aliphatic carboxylic acids is 1. The number of carbonyl (C=O) groups is 4. The highest BCUT2D eigenvalue weighted by atomic mass is 16.4. The maximum Gasteiger partial charge on any atom is 0.335 e. The minimum absolute atomic E-state index is 0.0288. The van der Waals surface area contributed by atoms with E-state index in [1.807, 2.05) is 6.92 Å². The molecule has 0 radical (unpaired) electrons. The summed E-state index contributed by atoms with van der Waals surface area (Å²) in [7, 11) is 0. The minimum atomic E-state index is -1.10. The number of carboxylic acids is 2. The maximum absolute atomic E-state index is 14.3. The molecule has 5 aliphatic carbocycles. The Balaban J connectivity index is 1.48. The van der Waals surface area contributed by atoms with Crippen molar-refractivity contribution in [2.24, 2.45) is 51.8 Å². The van der Waals surface area contributed by atoms with E-state index >= 15 is 0 Å². The average molecular weight is 520 g/mol. The summed E-state index contributed by atoms with van der Waals surface area (Å²) in [5.74, 6) is -2.89. The lowest BCUT2D eigenvalue weighted by Gasteiger charge is -2.68. The zero-order valence-electron chi connectivity index (χ0n) is 22.6. The van der Waals surface area contributed by atoms with Crippen molar-refractivity contribution in [3.63, 3.8) is 0 Å². The van der Waals surface area contributed by atoms with Crippen molar-refractivity contribution in [2.75, 3.05) is 4.90 Å². The zero-order valence-corrected chi connectivity index (χ0v) is 22.6. The van der Waals surface area contributed by atoms with Gasteiger partial charge >= 0.3 is 11.9 Å². The van der Waals surface area contributed by atoms with Crippen LogP contribution in [0.4, 0.5) is 5.69 Å². The van der Waals surface area contributed by atoms with Crippen LogP contribution in [0.2, 0.25) is 0 Å². The minimum Gasteiger partial charge on any atom is -0.481 e. The van der Waals surface area contributed by atoms with Gasteiger partial charge in [0.1, 0.15) is 0 Å². The second-order valence-electron chi connectivity index (χ2n) is 13.4. The number of carboxylic acid groups (broad SMARTS) is 2. The zero-order chi connectivity index (χ0) is 27.4. The normalized spacial score (nSPS) is 41.4. The number of anilines is 1. The first-order valence-electron chi connectivity index (χ1n) is 14.0. The molecule has 2 bridgehead atoms. The van der Waals surface area contributed by atoms with Crippen LogP contribution in [-0.4, -0.2) is 34.0 Å². The molecule has 2 amide bonds. The van der Waals surface area contributed by atoms with Crippen LogP contribution in [0.15, 0.2) is 35.9 Å². The third kappa shape index (κ3) is 3.02. The summed E-state index contributed by atoms with van der Waals surface area (Å²) in [5.41, 5.74) is 0.112. The van der Waals surface area contributed by atoms with Gasteiger partial charge in [0, 0.05) is 5.41 Å². The van der Waals surface area contributed by atoms with Crippen LogP contribution in [0.5, 0.6) is 0 Å². The van der Waals surface area contributed by atoms with Gasteiger partial charge in [-0.05, 0) is 86.3 Å². The standard InChI is InChI=1S/C31H37NO6/c1-16(2)20-15-31-12-9-21-29(3,10-6-11-30(21,4)28(37)38)22(31)14-19(20)23-24(31)26(34)32(25(23)33)18-8-5-7-17(13-18)27(35)36/h5,7-8,13,15-16,19,21-24H,6,9-12,14H2,1-4H3,(H,35,36)(H,37,38)/t19-,21-,22-,23+,24+,29-,30+,31+/m0/s1. The van der Waals surface area contributed by atoms with Crippen LogP contribution in [0, 0.1) is 51.8 Å². The van der Waals surface area contributed by atoms with Crippen LogP contribution < -0.4 is 4.90 Å². The summed E-state index contributed by atoms with van der Waals surface area (Å²) in [6.07, 6.45) is 7.05. The molecule has 202 valence electrons. The van der Waals surface area contributed by atoms with E-state index in [1.54, 1.807) is 12.1 Å². The highest BCUT2D eigenvalue weighted by Crippen LogP contribution is 2.74. The quantitative estimate of drug-likeness (QED) is 0.407. The summed E-state index contributed by atoms with van der Waals surface area (Å²) in [5, 5.41) is 19.8. The number of hydrogen-bond donors (Lipinski definition) is 2. The molecule has 2 N–H and O–H groups in total. The molecular formula is C31H37NO6. The SMILES string of the molecule is CC(C)C1=C[C@]23CC[C@H]4[C@](C)(CCC[C@@]4(C)C(=O)O)[C@@H]2C[C@@H]1[C@H]1C(=O)N(c2cccc(C(=O)O)c2)C(=O)[C@@H]13.